The molecule has 0 N–H and O–H groups in total. The number of thiazole rings is 1. The lowest BCUT2D eigenvalue weighted by atomic mass is 10.1. The summed E-state index contributed by atoms with van der Waals surface area (Å²) in [5.41, 5.74) is 0. The highest BCUT2D eigenvalue weighted by Gasteiger charge is 2.22. The van der Waals surface area contributed by atoms with Gasteiger partial charge in [-0.1, -0.05) is 22.9 Å². The number of hydrogen-bond donors (Lipinski definition) is 0. The third-order valence-corrected chi connectivity index (χ3v) is 4.71. The predicted molar refractivity (Wildman–Crippen MR) is 68.9 cm³/mol. The van der Waals surface area contributed by atoms with Crippen molar-refractivity contribution in [3.05, 3.63) is 10.0 Å². The van der Waals surface area contributed by atoms with Crippen molar-refractivity contribution in [2.75, 3.05) is 25.1 Å². The van der Waals surface area contributed by atoms with Crippen molar-refractivity contribution < 1.29 is 4.74 Å². The molecule has 0 radical (unpaired) electrons. The fourth-order valence-electron chi connectivity index (χ4n) is 1.84. The molecule has 2 heterocycles. The number of nitrogens with zero attached hydrogens (tertiary/aromatic N) is 2. The first-order valence-electron chi connectivity index (χ1n) is 5.23. The molecule has 2 rings (SSSR count). The minimum atomic E-state index is 0.302. The van der Waals surface area contributed by atoms with Gasteiger partial charge in [0.05, 0.1) is 16.9 Å². The van der Waals surface area contributed by atoms with Gasteiger partial charge in [-0.2, -0.15) is 0 Å². The van der Waals surface area contributed by atoms with Crippen molar-refractivity contribution in [1.29, 1.82) is 0 Å². The lowest BCUT2D eigenvalue weighted by molar-refractivity contribution is 0.0893. The van der Waals surface area contributed by atoms with Crippen LogP contribution in [0.4, 0.5) is 5.13 Å². The average molecular weight is 281 g/mol. The Bertz CT molecular complexity index is 359. The Kier molecular flexibility index (Phi) is 4.30. The van der Waals surface area contributed by atoms with E-state index in [9.17, 15) is 0 Å². The average Bonchev–Trinajstić information content (AvgIpc) is 2.71. The summed E-state index contributed by atoms with van der Waals surface area (Å²) in [5, 5.41) is 1.50. The largest absolute Gasteiger partial charge is 0.380 e. The molecular formula is C10H14Cl2N2OS. The molecule has 1 aliphatic heterocycles. The van der Waals surface area contributed by atoms with Gasteiger partial charge >= 0.3 is 0 Å². The van der Waals surface area contributed by atoms with Crippen LogP contribution in [0.3, 0.4) is 0 Å². The second-order valence-corrected chi connectivity index (χ2v) is 5.48. The van der Waals surface area contributed by atoms with E-state index >= 15 is 0 Å². The Labute approximate surface area is 109 Å². The number of anilines is 1. The van der Waals surface area contributed by atoms with Gasteiger partial charge in [0.1, 0.15) is 5.15 Å². The maximum Gasteiger partial charge on any atom is 0.187 e. The molecule has 1 aromatic heterocycles. The standard InChI is InChI=1S/C10H14Cl2N2OS/c1-15-7-3-2-4-14(6-7)10-13-9(12)8(5-11)16-10/h7H,2-6H2,1H3. The van der Waals surface area contributed by atoms with Crippen molar-refractivity contribution in [2.24, 2.45) is 0 Å². The van der Waals surface area contributed by atoms with Crippen LogP contribution in [0.25, 0.3) is 0 Å². The zero-order chi connectivity index (χ0) is 11.5. The van der Waals surface area contributed by atoms with Gasteiger partial charge in [-0.3, -0.25) is 0 Å². The Balaban J connectivity index is 2.10. The van der Waals surface area contributed by atoms with Crippen LogP contribution in [-0.2, 0) is 10.6 Å². The van der Waals surface area contributed by atoms with Gasteiger partial charge in [0.2, 0.25) is 0 Å². The summed E-state index contributed by atoms with van der Waals surface area (Å²) >= 11 is 13.3. The normalized spacial score (nSPS) is 21.4. The van der Waals surface area contributed by atoms with Gasteiger partial charge in [-0.05, 0) is 12.8 Å². The van der Waals surface area contributed by atoms with Crippen molar-refractivity contribution in [2.45, 2.75) is 24.8 Å². The summed E-state index contributed by atoms with van der Waals surface area (Å²) in [6.45, 7) is 1.91. The molecule has 1 unspecified atom stereocenters. The minimum absolute atomic E-state index is 0.302. The van der Waals surface area contributed by atoms with E-state index in [-0.39, 0.29) is 0 Å². The van der Waals surface area contributed by atoms with Crippen LogP contribution in [0.1, 0.15) is 17.7 Å². The van der Waals surface area contributed by atoms with Gasteiger partial charge in [0.25, 0.3) is 0 Å². The number of alkyl halides is 1. The van der Waals surface area contributed by atoms with Crippen LogP contribution >= 0.6 is 34.5 Å². The maximum absolute atomic E-state index is 5.99. The van der Waals surface area contributed by atoms with Crippen molar-refractivity contribution in [3.8, 4) is 0 Å². The summed E-state index contributed by atoms with van der Waals surface area (Å²) in [6.07, 6.45) is 2.55. The number of piperidine rings is 1. The third-order valence-electron chi connectivity index (χ3n) is 2.74. The van der Waals surface area contributed by atoms with E-state index in [0.29, 0.717) is 17.1 Å². The molecule has 1 atom stereocenters. The molecule has 0 amide bonds. The van der Waals surface area contributed by atoms with E-state index in [1.165, 1.54) is 0 Å². The molecule has 3 nitrogen and oxygen atoms in total. The molecule has 1 aromatic rings. The highest BCUT2D eigenvalue weighted by atomic mass is 35.5. The zero-order valence-electron chi connectivity index (χ0n) is 9.08. The van der Waals surface area contributed by atoms with Crippen molar-refractivity contribution in [1.82, 2.24) is 4.98 Å². The SMILES string of the molecule is COC1CCCN(c2nc(Cl)c(CCl)s2)C1. The Morgan fingerprint density at radius 3 is 3.06 bits per heavy atom. The Hall–Kier alpha value is -0.0300. The monoisotopic (exact) mass is 280 g/mol. The van der Waals surface area contributed by atoms with Crippen LogP contribution in [0, 0.1) is 0 Å². The minimum Gasteiger partial charge on any atom is -0.380 e. The lowest BCUT2D eigenvalue weighted by Gasteiger charge is -2.31. The smallest absolute Gasteiger partial charge is 0.187 e. The molecular weight excluding hydrogens is 267 g/mol. The molecule has 0 saturated carbocycles. The summed E-state index contributed by atoms with van der Waals surface area (Å²) in [4.78, 5) is 7.51. The topological polar surface area (TPSA) is 25.4 Å². The lowest BCUT2D eigenvalue weighted by Crippen LogP contribution is -2.39. The molecule has 1 saturated heterocycles. The number of methoxy groups -OCH3 is 1. The summed E-state index contributed by atoms with van der Waals surface area (Å²) in [5.74, 6) is 0.429. The van der Waals surface area contributed by atoms with Crippen LogP contribution < -0.4 is 4.90 Å². The number of halogens is 2. The second kappa shape index (κ2) is 5.54. The first-order valence-corrected chi connectivity index (χ1v) is 6.96. The molecule has 0 aliphatic carbocycles. The molecule has 0 spiro atoms. The maximum atomic E-state index is 5.99. The quantitative estimate of drug-likeness (QED) is 0.796. The van der Waals surface area contributed by atoms with Crippen LogP contribution in [0.15, 0.2) is 0 Å². The molecule has 0 bridgehead atoms. The van der Waals surface area contributed by atoms with Gasteiger partial charge in [-0.15, -0.1) is 11.6 Å². The van der Waals surface area contributed by atoms with Crippen molar-refractivity contribution in [3.63, 3.8) is 0 Å². The van der Waals surface area contributed by atoms with Gasteiger partial charge in [0.15, 0.2) is 5.13 Å². The third kappa shape index (κ3) is 2.62. The van der Waals surface area contributed by atoms with E-state index in [1.54, 1.807) is 18.4 Å². The predicted octanol–water partition coefficient (Wildman–Crippen LogP) is 3.15. The van der Waals surface area contributed by atoms with Gasteiger partial charge in [0, 0.05) is 20.2 Å². The van der Waals surface area contributed by atoms with E-state index in [4.69, 9.17) is 27.9 Å². The van der Waals surface area contributed by atoms with Crippen LogP contribution in [-0.4, -0.2) is 31.3 Å². The first kappa shape index (κ1) is 12.4. The van der Waals surface area contributed by atoms with Gasteiger partial charge in [-0.25, -0.2) is 4.98 Å². The van der Waals surface area contributed by atoms with E-state index < -0.39 is 0 Å². The van der Waals surface area contributed by atoms with Gasteiger partial charge < -0.3 is 9.64 Å². The number of rotatable bonds is 3. The molecule has 90 valence electrons. The van der Waals surface area contributed by atoms with Crippen LogP contribution in [0.5, 0.6) is 0 Å². The number of hydrogen-bond acceptors (Lipinski definition) is 4. The van der Waals surface area contributed by atoms with E-state index in [0.717, 1.165) is 35.9 Å². The second-order valence-electron chi connectivity index (χ2n) is 3.79. The highest BCUT2D eigenvalue weighted by molar-refractivity contribution is 7.16. The van der Waals surface area contributed by atoms with E-state index in [2.05, 4.69) is 9.88 Å². The molecule has 6 heteroatoms. The Morgan fingerprint density at radius 1 is 1.62 bits per heavy atom. The summed E-state index contributed by atoms with van der Waals surface area (Å²) < 4.78 is 5.38. The molecule has 1 fully saturated rings. The summed E-state index contributed by atoms with van der Waals surface area (Å²) in [6, 6.07) is 0. The number of aromatic nitrogens is 1. The first-order chi connectivity index (χ1) is 7.74. The highest BCUT2D eigenvalue weighted by Crippen LogP contribution is 2.32. The fraction of sp³-hybridized carbons (Fsp3) is 0.700. The molecule has 1 aliphatic rings. The summed E-state index contributed by atoms with van der Waals surface area (Å²) in [7, 11) is 1.76. The Morgan fingerprint density at radius 2 is 2.44 bits per heavy atom. The van der Waals surface area contributed by atoms with Crippen LogP contribution in [0.2, 0.25) is 5.15 Å². The number of ether oxygens (including phenoxy) is 1. The fourth-order valence-corrected chi connectivity index (χ4v) is 3.35. The van der Waals surface area contributed by atoms with Crippen molar-refractivity contribution >= 4 is 39.7 Å². The van der Waals surface area contributed by atoms with E-state index in [1.807, 2.05) is 0 Å². The molecule has 16 heavy (non-hydrogen) atoms. The molecule has 0 aromatic carbocycles. The zero-order valence-corrected chi connectivity index (χ0v) is 11.4.